The summed E-state index contributed by atoms with van der Waals surface area (Å²) in [5.74, 6) is 0.909. The largest absolute Gasteiger partial charge is 0.307 e. The third kappa shape index (κ3) is 2.33. The Morgan fingerprint density at radius 1 is 1.11 bits per heavy atom. The van der Waals surface area contributed by atoms with E-state index in [1.54, 1.807) is 11.1 Å². The average Bonchev–Trinajstić information content (AvgIpc) is 2.83. The smallest absolute Gasteiger partial charge is 0.0328 e. The first-order valence-corrected chi connectivity index (χ1v) is 7.72. The standard InChI is InChI=1S/C17H25N/c1-2-13-7-4-6-10-16(13)18-17-12-11-14-8-3-5-9-15(14)17/h3,5,8-9,13,16-18H,2,4,6-7,10-12H2,1H3. The minimum atomic E-state index is 0.623. The molecule has 0 bridgehead atoms. The van der Waals surface area contributed by atoms with Crippen LogP contribution in [0.15, 0.2) is 24.3 Å². The zero-order valence-corrected chi connectivity index (χ0v) is 11.5. The summed E-state index contributed by atoms with van der Waals surface area (Å²) in [6.07, 6.45) is 9.58. The fraction of sp³-hybridized carbons (Fsp3) is 0.647. The van der Waals surface area contributed by atoms with Gasteiger partial charge in [0.2, 0.25) is 0 Å². The molecular formula is C17H25N. The van der Waals surface area contributed by atoms with Gasteiger partial charge in [-0.3, -0.25) is 0 Å². The summed E-state index contributed by atoms with van der Waals surface area (Å²) in [4.78, 5) is 0. The summed E-state index contributed by atoms with van der Waals surface area (Å²) >= 11 is 0. The van der Waals surface area contributed by atoms with Crippen molar-refractivity contribution in [2.75, 3.05) is 0 Å². The average molecular weight is 243 g/mol. The minimum absolute atomic E-state index is 0.623. The lowest BCUT2D eigenvalue weighted by Crippen LogP contribution is -2.39. The van der Waals surface area contributed by atoms with Crippen LogP contribution in [0.1, 0.15) is 62.6 Å². The molecule has 1 heteroatoms. The molecule has 0 aromatic heterocycles. The van der Waals surface area contributed by atoms with Crippen molar-refractivity contribution in [3.8, 4) is 0 Å². The zero-order chi connectivity index (χ0) is 12.4. The highest BCUT2D eigenvalue weighted by atomic mass is 15.0. The molecule has 0 saturated heterocycles. The van der Waals surface area contributed by atoms with Crippen LogP contribution in [0, 0.1) is 5.92 Å². The van der Waals surface area contributed by atoms with Crippen molar-refractivity contribution in [2.45, 2.75) is 64.0 Å². The van der Waals surface area contributed by atoms with Crippen LogP contribution in [0.25, 0.3) is 0 Å². The Bertz CT molecular complexity index is 398. The summed E-state index contributed by atoms with van der Waals surface area (Å²) in [7, 11) is 0. The number of hydrogen-bond donors (Lipinski definition) is 1. The first kappa shape index (κ1) is 12.2. The van der Waals surface area contributed by atoms with Gasteiger partial charge in [0.05, 0.1) is 0 Å². The van der Waals surface area contributed by atoms with E-state index >= 15 is 0 Å². The number of hydrogen-bond acceptors (Lipinski definition) is 1. The Labute approximate surface area is 111 Å². The molecule has 18 heavy (non-hydrogen) atoms. The van der Waals surface area contributed by atoms with Gasteiger partial charge < -0.3 is 5.32 Å². The quantitative estimate of drug-likeness (QED) is 0.837. The molecule has 1 fully saturated rings. The van der Waals surface area contributed by atoms with Crippen molar-refractivity contribution in [2.24, 2.45) is 5.92 Å². The molecule has 0 radical (unpaired) electrons. The molecule has 98 valence electrons. The van der Waals surface area contributed by atoms with Crippen LogP contribution in [0.5, 0.6) is 0 Å². The fourth-order valence-electron chi connectivity index (χ4n) is 3.90. The molecule has 1 aromatic rings. The van der Waals surface area contributed by atoms with Gasteiger partial charge in [0.1, 0.15) is 0 Å². The molecule has 3 unspecified atom stereocenters. The highest BCUT2D eigenvalue weighted by molar-refractivity contribution is 5.34. The molecule has 0 spiro atoms. The lowest BCUT2D eigenvalue weighted by molar-refractivity contribution is 0.236. The molecule has 2 aliphatic rings. The van der Waals surface area contributed by atoms with Gasteiger partial charge in [-0.25, -0.2) is 0 Å². The Morgan fingerprint density at radius 3 is 2.83 bits per heavy atom. The third-order valence-electron chi connectivity index (χ3n) is 4.98. The molecule has 3 atom stereocenters. The Hall–Kier alpha value is -0.820. The van der Waals surface area contributed by atoms with Crippen LogP contribution in [-0.2, 0) is 6.42 Å². The van der Waals surface area contributed by atoms with Crippen LogP contribution < -0.4 is 5.32 Å². The second kappa shape index (κ2) is 5.44. The Balaban J connectivity index is 1.70. The van der Waals surface area contributed by atoms with Crippen molar-refractivity contribution in [1.82, 2.24) is 5.32 Å². The van der Waals surface area contributed by atoms with Crippen LogP contribution in [0.4, 0.5) is 0 Å². The fourth-order valence-corrected chi connectivity index (χ4v) is 3.90. The zero-order valence-electron chi connectivity index (χ0n) is 11.5. The molecular weight excluding hydrogens is 218 g/mol. The third-order valence-corrected chi connectivity index (χ3v) is 4.98. The topological polar surface area (TPSA) is 12.0 Å². The van der Waals surface area contributed by atoms with Crippen LogP contribution >= 0.6 is 0 Å². The Kier molecular flexibility index (Phi) is 3.69. The number of aryl methyl sites for hydroxylation is 1. The van der Waals surface area contributed by atoms with Gasteiger partial charge in [-0.15, -0.1) is 0 Å². The number of rotatable bonds is 3. The summed E-state index contributed by atoms with van der Waals surface area (Å²) in [5, 5.41) is 3.98. The predicted octanol–water partition coefficient (Wildman–Crippen LogP) is 4.23. The monoisotopic (exact) mass is 243 g/mol. The Morgan fingerprint density at radius 2 is 1.94 bits per heavy atom. The van der Waals surface area contributed by atoms with E-state index in [0.29, 0.717) is 6.04 Å². The number of fused-ring (bicyclic) bond motifs is 1. The van der Waals surface area contributed by atoms with Crippen molar-refractivity contribution in [1.29, 1.82) is 0 Å². The molecule has 2 aliphatic carbocycles. The second-order valence-electron chi connectivity index (χ2n) is 6.02. The predicted molar refractivity (Wildman–Crippen MR) is 76.7 cm³/mol. The SMILES string of the molecule is CCC1CCCCC1NC1CCc2ccccc21. The maximum Gasteiger partial charge on any atom is 0.0328 e. The molecule has 0 heterocycles. The number of nitrogens with one attached hydrogen (secondary N) is 1. The lowest BCUT2D eigenvalue weighted by Gasteiger charge is -2.34. The van der Waals surface area contributed by atoms with Crippen molar-refractivity contribution in [3.63, 3.8) is 0 Å². The first-order chi connectivity index (χ1) is 8.88. The molecule has 0 amide bonds. The molecule has 1 aromatic carbocycles. The van der Waals surface area contributed by atoms with Crippen molar-refractivity contribution < 1.29 is 0 Å². The van der Waals surface area contributed by atoms with Gasteiger partial charge in [0, 0.05) is 12.1 Å². The molecule has 0 aliphatic heterocycles. The highest BCUT2D eigenvalue weighted by Crippen LogP contribution is 2.34. The lowest BCUT2D eigenvalue weighted by atomic mass is 9.82. The second-order valence-corrected chi connectivity index (χ2v) is 6.02. The van der Waals surface area contributed by atoms with Crippen LogP contribution in [0.2, 0.25) is 0 Å². The number of benzene rings is 1. The van der Waals surface area contributed by atoms with Gasteiger partial charge >= 0.3 is 0 Å². The van der Waals surface area contributed by atoms with Gasteiger partial charge in [0.25, 0.3) is 0 Å². The van der Waals surface area contributed by atoms with E-state index < -0.39 is 0 Å². The van der Waals surface area contributed by atoms with E-state index in [9.17, 15) is 0 Å². The van der Waals surface area contributed by atoms with Crippen LogP contribution in [-0.4, -0.2) is 6.04 Å². The summed E-state index contributed by atoms with van der Waals surface area (Å²) in [6, 6.07) is 10.4. The summed E-state index contributed by atoms with van der Waals surface area (Å²) in [6.45, 7) is 2.35. The normalized spacial score (nSPS) is 31.3. The minimum Gasteiger partial charge on any atom is -0.307 e. The van der Waals surface area contributed by atoms with E-state index in [1.165, 1.54) is 44.9 Å². The summed E-state index contributed by atoms with van der Waals surface area (Å²) < 4.78 is 0. The van der Waals surface area contributed by atoms with Crippen molar-refractivity contribution in [3.05, 3.63) is 35.4 Å². The summed E-state index contributed by atoms with van der Waals surface area (Å²) in [5.41, 5.74) is 3.14. The van der Waals surface area contributed by atoms with E-state index in [2.05, 4.69) is 36.5 Å². The van der Waals surface area contributed by atoms with E-state index in [1.807, 2.05) is 0 Å². The molecule has 1 saturated carbocycles. The molecule has 1 N–H and O–H groups in total. The van der Waals surface area contributed by atoms with Gasteiger partial charge in [0.15, 0.2) is 0 Å². The highest BCUT2D eigenvalue weighted by Gasteiger charge is 2.29. The van der Waals surface area contributed by atoms with E-state index in [4.69, 9.17) is 0 Å². The van der Waals surface area contributed by atoms with Gasteiger partial charge in [-0.1, -0.05) is 50.5 Å². The molecule has 1 nitrogen and oxygen atoms in total. The first-order valence-electron chi connectivity index (χ1n) is 7.72. The molecule has 3 rings (SSSR count). The van der Waals surface area contributed by atoms with E-state index in [0.717, 1.165) is 12.0 Å². The van der Waals surface area contributed by atoms with Gasteiger partial charge in [-0.05, 0) is 42.7 Å². The van der Waals surface area contributed by atoms with Crippen LogP contribution in [0.3, 0.4) is 0 Å². The van der Waals surface area contributed by atoms with E-state index in [-0.39, 0.29) is 0 Å². The van der Waals surface area contributed by atoms with Crippen molar-refractivity contribution >= 4 is 0 Å². The maximum atomic E-state index is 3.98. The maximum absolute atomic E-state index is 3.98. The van der Waals surface area contributed by atoms with Gasteiger partial charge in [-0.2, -0.15) is 0 Å².